The lowest BCUT2D eigenvalue weighted by Gasteiger charge is -2.29. The highest BCUT2D eigenvalue weighted by atomic mass is 16.5. The summed E-state index contributed by atoms with van der Waals surface area (Å²) in [6.07, 6.45) is 0.721. The molecule has 28 heavy (non-hydrogen) atoms. The van der Waals surface area contributed by atoms with Gasteiger partial charge < -0.3 is 19.3 Å². The summed E-state index contributed by atoms with van der Waals surface area (Å²) in [5.74, 6) is 2.62. The van der Waals surface area contributed by atoms with Crippen molar-refractivity contribution in [2.75, 3.05) is 26.7 Å². The molecule has 1 aromatic carbocycles. The predicted octanol–water partition coefficient (Wildman–Crippen LogP) is 0.999. The first-order valence-electron chi connectivity index (χ1n) is 9.85. The maximum absolute atomic E-state index is 12.7. The molecule has 8 nitrogen and oxygen atoms in total. The van der Waals surface area contributed by atoms with E-state index in [4.69, 9.17) is 4.74 Å². The fourth-order valence-electron chi connectivity index (χ4n) is 4.07. The quantitative estimate of drug-likeness (QED) is 0.827. The van der Waals surface area contributed by atoms with E-state index in [1.54, 1.807) is 0 Å². The summed E-state index contributed by atoms with van der Waals surface area (Å²) < 4.78 is 7.56. The minimum atomic E-state index is -0.321. The van der Waals surface area contributed by atoms with E-state index in [1.807, 2.05) is 43.1 Å². The highest BCUT2D eigenvalue weighted by Crippen LogP contribution is 2.30. The summed E-state index contributed by atoms with van der Waals surface area (Å²) in [5, 5.41) is 18.6. The Labute approximate surface area is 164 Å². The van der Waals surface area contributed by atoms with Gasteiger partial charge in [-0.15, -0.1) is 10.2 Å². The number of carbonyl (C=O) groups excluding carboxylic acids is 1. The van der Waals surface area contributed by atoms with Crippen LogP contribution in [0, 0.1) is 0 Å². The minimum absolute atomic E-state index is 0.0855. The van der Waals surface area contributed by atoms with Gasteiger partial charge in [-0.05, 0) is 38.1 Å². The second kappa shape index (κ2) is 7.89. The van der Waals surface area contributed by atoms with Gasteiger partial charge in [0.1, 0.15) is 5.75 Å². The smallest absolute Gasteiger partial charge is 0.227 e. The third-order valence-electron chi connectivity index (χ3n) is 5.55. The number of ether oxygens (including phenoxy) is 1. The number of aromatic nitrogens is 3. The van der Waals surface area contributed by atoms with Crippen LogP contribution in [0.15, 0.2) is 24.3 Å². The zero-order chi connectivity index (χ0) is 19.7. The standard InChI is InChI=1S/C20H27N5O3/c1-3-28-16-6-4-14(5-7-16)10-19(27)24-8-9-25-18(13-24)21-22-20(25)17-11-15(26)12-23(17)2/h4-7,15,17,26H,3,8-13H2,1-2H3/t15-,17+/m1/s1. The largest absolute Gasteiger partial charge is 0.494 e. The van der Waals surface area contributed by atoms with Crippen molar-refractivity contribution in [2.24, 2.45) is 0 Å². The van der Waals surface area contributed by atoms with Crippen LogP contribution in [0.4, 0.5) is 0 Å². The molecule has 0 bridgehead atoms. The van der Waals surface area contributed by atoms with E-state index in [9.17, 15) is 9.90 Å². The first-order chi connectivity index (χ1) is 13.5. The molecule has 4 rings (SSSR count). The van der Waals surface area contributed by atoms with E-state index in [0.717, 1.165) is 23.0 Å². The van der Waals surface area contributed by atoms with Crippen LogP contribution < -0.4 is 4.74 Å². The Morgan fingerprint density at radius 1 is 1.25 bits per heavy atom. The number of aliphatic hydroxyl groups excluding tert-OH is 1. The number of likely N-dealkylation sites (tertiary alicyclic amines) is 1. The fraction of sp³-hybridized carbons (Fsp3) is 0.550. The average molecular weight is 385 g/mol. The summed E-state index contributed by atoms with van der Waals surface area (Å²) in [6.45, 7) is 5.04. The third-order valence-corrected chi connectivity index (χ3v) is 5.55. The Morgan fingerprint density at radius 3 is 2.71 bits per heavy atom. The van der Waals surface area contributed by atoms with Gasteiger partial charge in [0.2, 0.25) is 5.91 Å². The Morgan fingerprint density at radius 2 is 2.04 bits per heavy atom. The van der Waals surface area contributed by atoms with Crippen molar-refractivity contribution in [3.63, 3.8) is 0 Å². The maximum atomic E-state index is 12.7. The van der Waals surface area contributed by atoms with Gasteiger partial charge in [0.05, 0.1) is 31.7 Å². The molecule has 1 amide bonds. The van der Waals surface area contributed by atoms with Gasteiger partial charge in [0.15, 0.2) is 11.6 Å². The number of nitrogens with zero attached hydrogens (tertiary/aromatic N) is 5. The molecule has 2 atom stereocenters. The van der Waals surface area contributed by atoms with Crippen LogP contribution >= 0.6 is 0 Å². The van der Waals surface area contributed by atoms with Gasteiger partial charge in [-0.25, -0.2) is 0 Å². The van der Waals surface area contributed by atoms with Crippen molar-refractivity contribution >= 4 is 5.91 Å². The minimum Gasteiger partial charge on any atom is -0.494 e. The van der Waals surface area contributed by atoms with Gasteiger partial charge in [0.25, 0.3) is 0 Å². The number of benzene rings is 1. The normalized spacial score (nSPS) is 22.3. The molecule has 0 saturated carbocycles. The fourth-order valence-corrected chi connectivity index (χ4v) is 4.07. The van der Waals surface area contributed by atoms with Crippen molar-refractivity contribution in [2.45, 2.75) is 45.0 Å². The molecule has 1 saturated heterocycles. The molecular formula is C20H27N5O3. The van der Waals surface area contributed by atoms with E-state index >= 15 is 0 Å². The summed E-state index contributed by atoms with van der Waals surface area (Å²) in [4.78, 5) is 16.7. The molecule has 0 radical (unpaired) electrons. The van der Waals surface area contributed by atoms with Gasteiger partial charge in [-0.3, -0.25) is 9.69 Å². The molecule has 0 spiro atoms. The highest BCUT2D eigenvalue weighted by Gasteiger charge is 2.35. The average Bonchev–Trinajstić information content (AvgIpc) is 3.25. The first kappa shape index (κ1) is 18.9. The lowest BCUT2D eigenvalue weighted by molar-refractivity contribution is -0.132. The summed E-state index contributed by atoms with van der Waals surface area (Å²) in [7, 11) is 2.00. The van der Waals surface area contributed by atoms with Crippen molar-refractivity contribution in [1.82, 2.24) is 24.6 Å². The zero-order valence-electron chi connectivity index (χ0n) is 16.4. The molecule has 2 aliphatic heterocycles. The Hall–Kier alpha value is -2.45. The van der Waals surface area contributed by atoms with Gasteiger partial charge in [-0.2, -0.15) is 0 Å². The molecule has 3 heterocycles. The predicted molar refractivity (Wildman–Crippen MR) is 103 cm³/mol. The number of hydrogen-bond acceptors (Lipinski definition) is 6. The summed E-state index contributed by atoms with van der Waals surface area (Å²) in [5.41, 5.74) is 0.975. The summed E-state index contributed by atoms with van der Waals surface area (Å²) >= 11 is 0. The molecule has 2 aromatic rings. The highest BCUT2D eigenvalue weighted by molar-refractivity contribution is 5.78. The Balaban J connectivity index is 1.41. The van der Waals surface area contributed by atoms with E-state index in [1.165, 1.54) is 0 Å². The van der Waals surface area contributed by atoms with E-state index in [-0.39, 0.29) is 18.1 Å². The topological polar surface area (TPSA) is 83.7 Å². The van der Waals surface area contributed by atoms with Crippen molar-refractivity contribution in [3.8, 4) is 5.75 Å². The van der Waals surface area contributed by atoms with E-state index < -0.39 is 0 Å². The number of β-amino-alcohol motifs (C(OH)–C–C–N with tert-alkyl or cyclic N) is 1. The number of fused-ring (bicyclic) bond motifs is 1. The van der Waals surface area contributed by atoms with E-state index in [0.29, 0.717) is 45.6 Å². The van der Waals surface area contributed by atoms with Crippen LogP contribution in [0.3, 0.4) is 0 Å². The second-order valence-electron chi connectivity index (χ2n) is 7.54. The number of hydrogen-bond donors (Lipinski definition) is 1. The van der Waals surface area contributed by atoms with E-state index in [2.05, 4.69) is 19.7 Å². The molecule has 0 aliphatic carbocycles. The van der Waals surface area contributed by atoms with Crippen molar-refractivity contribution in [3.05, 3.63) is 41.5 Å². The van der Waals surface area contributed by atoms with Crippen molar-refractivity contribution < 1.29 is 14.6 Å². The molecule has 1 fully saturated rings. The molecule has 1 N–H and O–H groups in total. The number of likely N-dealkylation sites (N-methyl/N-ethyl adjacent to an activating group) is 1. The lowest BCUT2D eigenvalue weighted by Crippen LogP contribution is -2.40. The molecular weight excluding hydrogens is 358 g/mol. The first-order valence-corrected chi connectivity index (χ1v) is 9.85. The van der Waals surface area contributed by atoms with Crippen LogP contribution in [0.2, 0.25) is 0 Å². The van der Waals surface area contributed by atoms with Gasteiger partial charge >= 0.3 is 0 Å². The van der Waals surface area contributed by atoms with Crippen LogP contribution in [0.1, 0.15) is 36.6 Å². The van der Waals surface area contributed by atoms with Crippen LogP contribution in [0.5, 0.6) is 5.75 Å². The van der Waals surface area contributed by atoms with Crippen LogP contribution in [-0.4, -0.2) is 68.4 Å². The van der Waals surface area contributed by atoms with Gasteiger partial charge in [-0.1, -0.05) is 12.1 Å². The monoisotopic (exact) mass is 385 g/mol. The Bertz CT molecular complexity index is 835. The van der Waals surface area contributed by atoms with Crippen LogP contribution in [0.25, 0.3) is 0 Å². The summed E-state index contributed by atoms with van der Waals surface area (Å²) in [6, 6.07) is 7.76. The number of rotatable bonds is 5. The Kier molecular flexibility index (Phi) is 5.32. The number of aliphatic hydroxyl groups is 1. The molecule has 150 valence electrons. The lowest BCUT2D eigenvalue weighted by atomic mass is 10.1. The van der Waals surface area contributed by atoms with Gasteiger partial charge in [0, 0.05) is 19.6 Å². The molecule has 2 aliphatic rings. The van der Waals surface area contributed by atoms with Crippen molar-refractivity contribution in [1.29, 1.82) is 0 Å². The maximum Gasteiger partial charge on any atom is 0.227 e. The number of carbonyl (C=O) groups is 1. The molecule has 1 aromatic heterocycles. The van der Waals surface area contributed by atoms with Crippen LogP contribution in [-0.2, 0) is 24.3 Å². The SMILES string of the molecule is CCOc1ccc(CC(=O)N2CCn3c(nnc3[C@@H]3C[C@@H](O)CN3C)C2)cc1. The molecule has 8 heteroatoms. The molecule has 0 unspecified atom stereocenters. The number of amides is 1. The third kappa shape index (κ3) is 3.74. The second-order valence-corrected chi connectivity index (χ2v) is 7.54. The zero-order valence-corrected chi connectivity index (χ0v) is 16.4.